The van der Waals surface area contributed by atoms with E-state index in [-0.39, 0.29) is 0 Å². The molecule has 0 fully saturated rings. The van der Waals surface area contributed by atoms with Gasteiger partial charge in [0.1, 0.15) is 10.0 Å². The van der Waals surface area contributed by atoms with Crippen LogP contribution in [0.15, 0.2) is 24.3 Å². The van der Waals surface area contributed by atoms with Crippen LogP contribution in [0.5, 0.6) is 0 Å². The Balaban J connectivity index is 1.85. The third-order valence-corrected chi connectivity index (χ3v) is 4.00. The third-order valence-electron chi connectivity index (χ3n) is 2.96. The molecule has 0 radical (unpaired) electrons. The minimum atomic E-state index is 0.485. The van der Waals surface area contributed by atoms with Crippen molar-refractivity contribution < 1.29 is 0 Å². The van der Waals surface area contributed by atoms with E-state index in [0.717, 1.165) is 23.0 Å². The lowest BCUT2D eigenvalue weighted by Crippen LogP contribution is -2.17. The van der Waals surface area contributed by atoms with E-state index in [9.17, 15) is 0 Å². The van der Waals surface area contributed by atoms with E-state index in [1.165, 1.54) is 11.1 Å². The molecule has 1 aromatic carbocycles. The molecule has 1 atom stereocenters. The molecule has 1 aliphatic carbocycles. The smallest absolute Gasteiger partial charge is 0.131 e. The molecule has 0 saturated heterocycles. The molecule has 0 amide bonds. The Labute approximate surface area is 98.5 Å². The van der Waals surface area contributed by atoms with Gasteiger partial charge in [-0.2, -0.15) is 0 Å². The molecule has 1 unspecified atom stereocenters. The lowest BCUT2D eigenvalue weighted by atomic mass is 9.78. The van der Waals surface area contributed by atoms with Crippen molar-refractivity contribution in [1.29, 1.82) is 0 Å². The quantitative estimate of drug-likeness (QED) is 0.877. The van der Waals surface area contributed by atoms with Crippen molar-refractivity contribution in [1.82, 2.24) is 15.5 Å². The summed E-state index contributed by atoms with van der Waals surface area (Å²) in [4.78, 5) is 0. The molecule has 1 aromatic heterocycles. The number of aromatic nitrogens is 2. The summed E-state index contributed by atoms with van der Waals surface area (Å²) in [5.74, 6) is 0.485. The molecule has 82 valence electrons. The number of hydrogen-bond acceptors (Lipinski definition) is 4. The molecule has 1 heterocycles. The maximum Gasteiger partial charge on any atom is 0.131 e. The molecular weight excluding hydrogens is 218 g/mol. The van der Waals surface area contributed by atoms with Crippen molar-refractivity contribution in [3.63, 3.8) is 0 Å². The second-order valence-electron chi connectivity index (χ2n) is 4.02. The predicted molar refractivity (Wildman–Crippen MR) is 64.7 cm³/mol. The molecule has 0 saturated carbocycles. The first-order chi connectivity index (χ1) is 7.88. The van der Waals surface area contributed by atoms with Crippen molar-refractivity contribution in [2.45, 2.75) is 18.9 Å². The fourth-order valence-corrected chi connectivity index (χ4v) is 3.08. The van der Waals surface area contributed by atoms with Crippen LogP contribution in [-0.2, 0) is 13.0 Å². The number of nitrogens with zero attached hydrogens (tertiary/aromatic N) is 2. The highest BCUT2D eigenvalue weighted by Gasteiger charge is 2.29. The van der Waals surface area contributed by atoms with E-state index in [0.29, 0.717) is 5.92 Å². The van der Waals surface area contributed by atoms with Gasteiger partial charge in [0, 0.05) is 12.5 Å². The number of hydrogen-bond donors (Lipinski definition) is 1. The molecule has 0 spiro atoms. The van der Waals surface area contributed by atoms with Crippen LogP contribution in [0.25, 0.3) is 0 Å². The first-order valence-electron chi connectivity index (χ1n) is 5.43. The number of rotatable bonds is 3. The van der Waals surface area contributed by atoms with Gasteiger partial charge in [0.2, 0.25) is 0 Å². The van der Waals surface area contributed by atoms with Crippen LogP contribution in [0.3, 0.4) is 0 Å². The van der Waals surface area contributed by atoms with Gasteiger partial charge in [-0.15, -0.1) is 10.2 Å². The summed E-state index contributed by atoms with van der Waals surface area (Å²) in [7, 11) is 1.93. The predicted octanol–water partition coefficient (Wildman–Crippen LogP) is 1.95. The van der Waals surface area contributed by atoms with Crippen molar-refractivity contribution in [2.24, 2.45) is 0 Å². The first kappa shape index (κ1) is 9.93. The topological polar surface area (TPSA) is 37.8 Å². The minimum absolute atomic E-state index is 0.485. The lowest BCUT2D eigenvalue weighted by Gasteiger charge is -2.27. The zero-order valence-electron chi connectivity index (χ0n) is 9.10. The van der Waals surface area contributed by atoms with E-state index >= 15 is 0 Å². The average molecular weight is 231 g/mol. The van der Waals surface area contributed by atoms with Crippen LogP contribution in [0.2, 0.25) is 0 Å². The monoisotopic (exact) mass is 231 g/mol. The van der Waals surface area contributed by atoms with E-state index in [4.69, 9.17) is 0 Å². The summed E-state index contributed by atoms with van der Waals surface area (Å²) in [5.41, 5.74) is 2.88. The summed E-state index contributed by atoms with van der Waals surface area (Å²) in [6.07, 6.45) is 1.12. The summed E-state index contributed by atoms with van der Waals surface area (Å²) in [6, 6.07) is 8.59. The highest BCUT2D eigenvalue weighted by molar-refractivity contribution is 7.11. The van der Waals surface area contributed by atoms with Crippen LogP contribution in [0.1, 0.15) is 27.1 Å². The SMILES string of the molecule is CNCc1nnc(C2Cc3ccccc32)s1. The van der Waals surface area contributed by atoms with Crippen molar-refractivity contribution in [3.8, 4) is 0 Å². The van der Waals surface area contributed by atoms with Crippen molar-refractivity contribution in [2.75, 3.05) is 7.05 Å². The van der Waals surface area contributed by atoms with E-state index < -0.39 is 0 Å². The van der Waals surface area contributed by atoms with Gasteiger partial charge in [0.25, 0.3) is 0 Å². The molecule has 0 bridgehead atoms. The zero-order chi connectivity index (χ0) is 11.0. The van der Waals surface area contributed by atoms with Crippen LogP contribution in [-0.4, -0.2) is 17.2 Å². The molecule has 2 aromatic rings. The Morgan fingerprint density at radius 1 is 1.38 bits per heavy atom. The molecule has 1 aliphatic rings. The second-order valence-corrected chi connectivity index (χ2v) is 5.11. The van der Waals surface area contributed by atoms with Gasteiger partial charge in [-0.1, -0.05) is 35.6 Å². The maximum atomic E-state index is 4.28. The van der Waals surface area contributed by atoms with E-state index in [1.54, 1.807) is 11.3 Å². The molecule has 16 heavy (non-hydrogen) atoms. The van der Waals surface area contributed by atoms with Crippen molar-refractivity contribution in [3.05, 3.63) is 45.4 Å². The normalized spacial score (nSPS) is 17.9. The zero-order valence-corrected chi connectivity index (χ0v) is 9.92. The molecule has 0 aliphatic heterocycles. The van der Waals surface area contributed by atoms with E-state index in [1.807, 2.05) is 7.05 Å². The van der Waals surface area contributed by atoms with Gasteiger partial charge in [-0.05, 0) is 24.6 Å². The molecule has 4 heteroatoms. The van der Waals surface area contributed by atoms with Gasteiger partial charge >= 0.3 is 0 Å². The van der Waals surface area contributed by atoms with Gasteiger partial charge in [0.15, 0.2) is 0 Å². The van der Waals surface area contributed by atoms with Crippen molar-refractivity contribution >= 4 is 11.3 Å². The molecule has 3 rings (SSSR count). The molecular formula is C12H13N3S. The van der Waals surface area contributed by atoms with Crippen LogP contribution in [0.4, 0.5) is 0 Å². The summed E-state index contributed by atoms with van der Waals surface area (Å²) in [5, 5.41) is 13.8. The minimum Gasteiger partial charge on any atom is -0.313 e. The first-order valence-corrected chi connectivity index (χ1v) is 6.25. The number of nitrogens with one attached hydrogen (secondary N) is 1. The molecule has 3 nitrogen and oxygen atoms in total. The lowest BCUT2D eigenvalue weighted by molar-refractivity contribution is 0.689. The van der Waals surface area contributed by atoms with Gasteiger partial charge in [-0.25, -0.2) is 0 Å². The number of fused-ring (bicyclic) bond motifs is 1. The Morgan fingerprint density at radius 3 is 3.06 bits per heavy atom. The Kier molecular flexibility index (Phi) is 2.46. The fraction of sp³-hybridized carbons (Fsp3) is 0.333. The highest BCUT2D eigenvalue weighted by Crippen LogP contribution is 2.40. The summed E-state index contributed by atoms with van der Waals surface area (Å²) >= 11 is 1.72. The maximum absolute atomic E-state index is 4.28. The van der Waals surface area contributed by atoms with E-state index in [2.05, 4.69) is 39.8 Å². The Hall–Kier alpha value is -1.26. The highest BCUT2D eigenvalue weighted by atomic mass is 32.1. The van der Waals surface area contributed by atoms with Crippen LogP contribution in [0, 0.1) is 0 Å². The van der Waals surface area contributed by atoms with Gasteiger partial charge < -0.3 is 5.32 Å². The summed E-state index contributed by atoms with van der Waals surface area (Å²) in [6.45, 7) is 0.812. The van der Waals surface area contributed by atoms with Crippen LogP contribution >= 0.6 is 11.3 Å². The molecule has 1 N–H and O–H groups in total. The summed E-state index contributed by atoms with van der Waals surface area (Å²) < 4.78 is 0. The standard InChI is InChI=1S/C12H13N3S/c1-13-7-11-14-15-12(16-11)10-6-8-4-2-3-5-9(8)10/h2-5,10,13H,6-7H2,1H3. The fourth-order valence-electron chi connectivity index (χ4n) is 2.11. The average Bonchev–Trinajstić information content (AvgIpc) is 2.69. The van der Waals surface area contributed by atoms with Gasteiger partial charge in [-0.3, -0.25) is 0 Å². The Morgan fingerprint density at radius 2 is 2.25 bits per heavy atom. The van der Waals surface area contributed by atoms with Gasteiger partial charge in [0.05, 0.1) is 0 Å². The largest absolute Gasteiger partial charge is 0.313 e. The van der Waals surface area contributed by atoms with Crippen LogP contribution < -0.4 is 5.32 Å². The number of benzene rings is 1. The third kappa shape index (κ3) is 1.54. The Bertz CT molecular complexity index is 506. The second kappa shape index (κ2) is 3.96.